The topological polar surface area (TPSA) is 59.2 Å². The average Bonchev–Trinajstić information content (AvgIpc) is 2.46. The van der Waals surface area contributed by atoms with E-state index in [1.165, 1.54) is 12.3 Å². The molecule has 20 heavy (non-hydrogen) atoms. The molecule has 1 aliphatic rings. The Morgan fingerprint density at radius 2 is 2.25 bits per heavy atom. The van der Waals surface area contributed by atoms with Gasteiger partial charge in [0.05, 0.1) is 17.4 Å². The highest BCUT2D eigenvalue weighted by Crippen LogP contribution is 2.36. The number of benzene rings is 1. The molecular formula is C14H12FN3OS. The largest absolute Gasteiger partial charge is 0.399 e. The maximum atomic E-state index is 13.7. The lowest BCUT2D eigenvalue weighted by Gasteiger charge is -2.29. The average molecular weight is 289 g/mol. The number of hydrogen-bond donors (Lipinski definition) is 1. The number of carbonyl (C=O) groups is 1. The lowest BCUT2D eigenvalue weighted by atomic mass is 10.2. The minimum Gasteiger partial charge on any atom is -0.399 e. The maximum Gasteiger partial charge on any atom is 0.261 e. The van der Waals surface area contributed by atoms with E-state index in [1.54, 1.807) is 28.8 Å². The van der Waals surface area contributed by atoms with Gasteiger partial charge in [0.1, 0.15) is 0 Å². The second-order valence-corrected chi connectivity index (χ2v) is 5.52. The van der Waals surface area contributed by atoms with Crippen LogP contribution >= 0.6 is 11.8 Å². The van der Waals surface area contributed by atoms with Crippen LogP contribution in [0.5, 0.6) is 0 Å². The molecule has 1 aliphatic heterocycles. The van der Waals surface area contributed by atoms with Crippen molar-refractivity contribution in [2.75, 3.05) is 22.9 Å². The van der Waals surface area contributed by atoms with Crippen molar-refractivity contribution in [1.82, 2.24) is 4.98 Å². The molecule has 0 fully saturated rings. The van der Waals surface area contributed by atoms with Crippen LogP contribution < -0.4 is 10.6 Å². The minimum absolute atomic E-state index is 0.0280. The van der Waals surface area contributed by atoms with Crippen LogP contribution in [0.4, 0.5) is 15.8 Å². The minimum atomic E-state index is -0.610. The molecule has 0 spiro atoms. The molecule has 4 nitrogen and oxygen atoms in total. The molecular weight excluding hydrogens is 277 g/mol. The van der Waals surface area contributed by atoms with Crippen LogP contribution in [-0.2, 0) is 0 Å². The summed E-state index contributed by atoms with van der Waals surface area (Å²) in [7, 11) is 0. The molecule has 1 aromatic carbocycles. The summed E-state index contributed by atoms with van der Waals surface area (Å²) in [6.45, 7) is 0.529. The van der Waals surface area contributed by atoms with E-state index in [1.807, 2.05) is 6.07 Å². The number of aromatic nitrogens is 1. The van der Waals surface area contributed by atoms with Gasteiger partial charge in [0, 0.05) is 29.1 Å². The van der Waals surface area contributed by atoms with Crippen LogP contribution in [0.1, 0.15) is 10.4 Å². The maximum absolute atomic E-state index is 13.7. The van der Waals surface area contributed by atoms with Gasteiger partial charge in [-0.25, -0.2) is 4.39 Å². The number of carbonyl (C=O) groups excluding carboxylic acids is 1. The Bertz CT molecular complexity index is 677. The summed E-state index contributed by atoms with van der Waals surface area (Å²) in [5, 5.41) is 0. The first-order valence-corrected chi connectivity index (χ1v) is 7.09. The van der Waals surface area contributed by atoms with Gasteiger partial charge < -0.3 is 10.6 Å². The Kier molecular flexibility index (Phi) is 3.31. The summed E-state index contributed by atoms with van der Waals surface area (Å²) < 4.78 is 13.7. The number of nitrogen functional groups attached to an aromatic ring is 1. The van der Waals surface area contributed by atoms with Gasteiger partial charge in [0.2, 0.25) is 0 Å². The van der Waals surface area contributed by atoms with Crippen LogP contribution in [-0.4, -0.2) is 23.2 Å². The molecule has 2 heterocycles. The number of halogens is 1. The first kappa shape index (κ1) is 12.9. The van der Waals surface area contributed by atoms with Gasteiger partial charge in [-0.1, -0.05) is 0 Å². The molecule has 0 radical (unpaired) electrons. The smallest absolute Gasteiger partial charge is 0.261 e. The van der Waals surface area contributed by atoms with Gasteiger partial charge >= 0.3 is 0 Å². The standard InChI is InChI=1S/C14H12FN3OS/c15-11-8-17-4-3-10(11)14(19)18-5-6-20-13-2-1-9(16)7-12(13)18/h1-4,7-8H,5-6,16H2. The van der Waals surface area contributed by atoms with Crippen LogP contribution in [0.15, 0.2) is 41.6 Å². The van der Waals surface area contributed by atoms with E-state index in [4.69, 9.17) is 5.73 Å². The zero-order chi connectivity index (χ0) is 14.1. The van der Waals surface area contributed by atoms with Crippen molar-refractivity contribution in [3.63, 3.8) is 0 Å². The summed E-state index contributed by atoms with van der Waals surface area (Å²) in [6.07, 6.45) is 2.46. The van der Waals surface area contributed by atoms with Crippen LogP contribution in [0, 0.1) is 5.82 Å². The molecule has 0 atom stereocenters. The van der Waals surface area contributed by atoms with Crippen LogP contribution in [0.2, 0.25) is 0 Å². The van der Waals surface area contributed by atoms with Gasteiger partial charge in [-0.15, -0.1) is 11.8 Å². The van der Waals surface area contributed by atoms with E-state index in [0.29, 0.717) is 12.2 Å². The number of hydrogen-bond acceptors (Lipinski definition) is 4. The van der Waals surface area contributed by atoms with Gasteiger partial charge in [-0.05, 0) is 24.3 Å². The van der Waals surface area contributed by atoms with E-state index >= 15 is 0 Å². The fourth-order valence-corrected chi connectivity index (χ4v) is 3.11. The monoisotopic (exact) mass is 289 g/mol. The number of anilines is 2. The van der Waals surface area contributed by atoms with Crippen LogP contribution in [0.25, 0.3) is 0 Å². The molecule has 0 aliphatic carbocycles. The SMILES string of the molecule is Nc1ccc2c(c1)N(C(=O)c1ccncc1F)CCS2. The summed E-state index contributed by atoms with van der Waals surface area (Å²) in [4.78, 5) is 18.7. The van der Waals surface area contributed by atoms with Crippen LogP contribution in [0.3, 0.4) is 0 Å². The second-order valence-electron chi connectivity index (χ2n) is 4.39. The molecule has 0 saturated heterocycles. The van der Waals surface area contributed by atoms with Gasteiger partial charge in [-0.3, -0.25) is 9.78 Å². The predicted molar refractivity (Wildman–Crippen MR) is 77.4 cm³/mol. The lowest BCUT2D eigenvalue weighted by Crippen LogP contribution is -2.36. The molecule has 0 unspecified atom stereocenters. The molecule has 1 aromatic heterocycles. The Morgan fingerprint density at radius 3 is 3.05 bits per heavy atom. The Morgan fingerprint density at radius 1 is 1.40 bits per heavy atom. The zero-order valence-corrected chi connectivity index (χ0v) is 11.4. The fraction of sp³-hybridized carbons (Fsp3) is 0.143. The number of thioether (sulfide) groups is 1. The van der Waals surface area contributed by atoms with E-state index in [9.17, 15) is 9.18 Å². The van der Waals surface area contributed by atoms with E-state index in [2.05, 4.69) is 4.98 Å². The number of fused-ring (bicyclic) bond motifs is 1. The third-order valence-corrected chi connectivity index (χ3v) is 4.14. The van der Waals surface area contributed by atoms with Crippen molar-refractivity contribution in [3.8, 4) is 0 Å². The first-order valence-electron chi connectivity index (χ1n) is 6.10. The quantitative estimate of drug-likeness (QED) is 0.820. The summed E-state index contributed by atoms with van der Waals surface area (Å²) in [5.74, 6) is -0.201. The lowest BCUT2D eigenvalue weighted by molar-refractivity contribution is 0.0983. The zero-order valence-electron chi connectivity index (χ0n) is 10.5. The summed E-state index contributed by atoms with van der Waals surface area (Å²) in [6, 6.07) is 6.83. The highest BCUT2D eigenvalue weighted by molar-refractivity contribution is 7.99. The van der Waals surface area contributed by atoms with Crippen molar-refractivity contribution in [2.45, 2.75) is 4.90 Å². The molecule has 2 N–H and O–H groups in total. The van der Waals surface area contributed by atoms with Crippen molar-refractivity contribution in [1.29, 1.82) is 0 Å². The first-order chi connectivity index (χ1) is 9.66. The number of nitrogens with zero attached hydrogens (tertiary/aromatic N) is 2. The number of rotatable bonds is 1. The summed E-state index contributed by atoms with van der Waals surface area (Å²) in [5.41, 5.74) is 7.13. The Hall–Kier alpha value is -2.08. The number of nitrogens with two attached hydrogens (primary N) is 1. The second kappa shape index (κ2) is 5.13. The van der Waals surface area contributed by atoms with Crippen molar-refractivity contribution < 1.29 is 9.18 Å². The number of amides is 1. The molecule has 1 amide bonds. The van der Waals surface area contributed by atoms with Crippen molar-refractivity contribution in [2.24, 2.45) is 0 Å². The van der Waals surface area contributed by atoms with Crippen molar-refractivity contribution in [3.05, 3.63) is 48.0 Å². The normalized spacial score (nSPS) is 13.9. The third kappa shape index (κ3) is 2.22. The predicted octanol–water partition coefficient (Wildman–Crippen LogP) is 2.56. The molecule has 102 valence electrons. The van der Waals surface area contributed by atoms with E-state index < -0.39 is 5.82 Å². The van der Waals surface area contributed by atoms with E-state index in [0.717, 1.165) is 22.5 Å². The molecule has 0 bridgehead atoms. The Balaban J connectivity index is 2.03. The number of pyridine rings is 1. The van der Waals surface area contributed by atoms with Crippen molar-refractivity contribution >= 4 is 29.0 Å². The van der Waals surface area contributed by atoms with Gasteiger partial charge in [-0.2, -0.15) is 0 Å². The Labute approximate surface area is 119 Å². The van der Waals surface area contributed by atoms with E-state index in [-0.39, 0.29) is 11.5 Å². The summed E-state index contributed by atoms with van der Waals surface area (Å²) >= 11 is 1.66. The highest BCUT2D eigenvalue weighted by Gasteiger charge is 2.25. The molecule has 3 rings (SSSR count). The fourth-order valence-electron chi connectivity index (χ4n) is 2.14. The molecule has 0 saturated carbocycles. The molecule has 2 aromatic rings. The highest BCUT2D eigenvalue weighted by atomic mass is 32.2. The third-order valence-electron chi connectivity index (χ3n) is 3.09. The van der Waals surface area contributed by atoms with Gasteiger partial charge in [0.25, 0.3) is 5.91 Å². The molecule has 6 heteroatoms. The van der Waals surface area contributed by atoms with Gasteiger partial charge in [0.15, 0.2) is 5.82 Å².